The van der Waals surface area contributed by atoms with Gasteiger partial charge in [0.15, 0.2) is 17.3 Å². The van der Waals surface area contributed by atoms with E-state index in [9.17, 15) is 19.7 Å². The number of nitro groups is 1. The van der Waals surface area contributed by atoms with Crippen molar-refractivity contribution < 1.29 is 29.1 Å². The third-order valence-corrected chi connectivity index (χ3v) is 2.31. The van der Waals surface area contributed by atoms with Crippen LogP contribution in [0.4, 0.5) is 5.69 Å². The summed E-state index contributed by atoms with van der Waals surface area (Å²) < 4.78 is 9.81. The summed E-state index contributed by atoms with van der Waals surface area (Å²) in [6, 6.07) is 2.12. The summed E-state index contributed by atoms with van der Waals surface area (Å²) in [6.07, 6.45) is -0.837. The summed E-state index contributed by atoms with van der Waals surface area (Å²) in [5.41, 5.74) is -0.853. The van der Waals surface area contributed by atoms with Crippen molar-refractivity contribution in [1.82, 2.24) is 0 Å². The quantitative estimate of drug-likeness (QED) is 0.357. The monoisotopic (exact) mass is 269 g/mol. The molecule has 1 N–H and O–H groups in total. The Hall–Kier alpha value is -2.64. The van der Waals surface area contributed by atoms with Gasteiger partial charge in [-0.25, -0.2) is 0 Å². The molecule has 0 saturated heterocycles. The lowest BCUT2D eigenvalue weighted by molar-refractivity contribution is -0.385. The average molecular weight is 269 g/mol. The van der Waals surface area contributed by atoms with Crippen LogP contribution in [0.3, 0.4) is 0 Å². The lowest BCUT2D eigenvalue weighted by Crippen LogP contribution is -2.10. The molecule has 0 saturated carbocycles. The van der Waals surface area contributed by atoms with Gasteiger partial charge in [-0.05, 0) is 0 Å². The number of carbonyl (C=O) groups is 2. The number of ketones is 1. The molecule has 0 unspecified atom stereocenters. The average Bonchev–Trinajstić information content (AvgIpc) is 2.35. The first kappa shape index (κ1) is 14.4. The van der Waals surface area contributed by atoms with Gasteiger partial charge in [0.1, 0.15) is 6.42 Å². The standard InChI is InChI=1S/C11H11NO7/c1-18-9-3-6(8(13)5-11(14)15)7(12(16)17)4-10(9)19-2/h3-4H,5H2,1-2H3,(H,14,15). The van der Waals surface area contributed by atoms with E-state index in [1.54, 1.807) is 0 Å². The second kappa shape index (κ2) is 5.80. The van der Waals surface area contributed by atoms with Crippen LogP contribution in [0, 0.1) is 10.1 Å². The van der Waals surface area contributed by atoms with Gasteiger partial charge < -0.3 is 14.6 Å². The molecule has 8 heteroatoms. The molecule has 0 fully saturated rings. The summed E-state index contributed by atoms with van der Waals surface area (Å²) in [5.74, 6) is -2.04. The van der Waals surface area contributed by atoms with Crippen LogP contribution < -0.4 is 9.47 Å². The highest BCUT2D eigenvalue weighted by Crippen LogP contribution is 2.34. The highest BCUT2D eigenvalue weighted by atomic mass is 16.6. The number of aliphatic carboxylic acids is 1. The lowest BCUT2D eigenvalue weighted by atomic mass is 10.1. The van der Waals surface area contributed by atoms with Gasteiger partial charge in [-0.3, -0.25) is 19.7 Å². The Labute approximate surface area is 107 Å². The fourth-order valence-electron chi connectivity index (χ4n) is 1.48. The van der Waals surface area contributed by atoms with Gasteiger partial charge >= 0.3 is 5.97 Å². The molecule has 0 amide bonds. The first-order valence-electron chi connectivity index (χ1n) is 5.06. The SMILES string of the molecule is COc1cc(C(=O)CC(=O)O)c([N+](=O)[O-])cc1OC. The Morgan fingerprint density at radius 2 is 1.79 bits per heavy atom. The van der Waals surface area contributed by atoms with E-state index in [1.165, 1.54) is 14.2 Å². The number of Topliss-reactive ketones (excluding diaryl/α,β-unsaturated/α-hetero) is 1. The molecule has 0 spiro atoms. The van der Waals surface area contributed by atoms with Gasteiger partial charge in [0.25, 0.3) is 5.69 Å². The molecule has 0 aromatic heterocycles. The topological polar surface area (TPSA) is 116 Å². The van der Waals surface area contributed by atoms with Crippen molar-refractivity contribution in [2.45, 2.75) is 6.42 Å². The van der Waals surface area contributed by atoms with Gasteiger partial charge in [-0.2, -0.15) is 0 Å². The molecule has 0 aliphatic heterocycles. The fourth-order valence-corrected chi connectivity index (χ4v) is 1.48. The highest BCUT2D eigenvalue weighted by molar-refractivity contribution is 6.08. The van der Waals surface area contributed by atoms with E-state index in [1.807, 2.05) is 0 Å². The minimum atomic E-state index is -1.37. The zero-order valence-electron chi connectivity index (χ0n) is 10.2. The number of carbonyl (C=O) groups excluding carboxylic acids is 1. The fraction of sp³-hybridized carbons (Fsp3) is 0.273. The van der Waals surface area contributed by atoms with Crippen molar-refractivity contribution in [3.63, 3.8) is 0 Å². The van der Waals surface area contributed by atoms with Crippen molar-refractivity contribution in [3.8, 4) is 11.5 Å². The van der Waals surface area contributed by atoms with Crippen molar-refractivity contribution in [2.75, 3.05) is 14.2 Å². The number of ether oxygens (including phenoxy) is 2. The third-order valence-electron chi connectivity index (χ3n) is 2.31. The van der Waals surface area contributed by atoms with Crippen LogP contribution >= 0.6 is 0 Å². The molecule has 8 nitrogen and oxygen atoms in total. The number of nitro benzene ring substituents is 1. The maximum Gasteiger partial charge on any atom is 0.311 e. The van der Waals surface area contributed by atoms with Crippen LogP contribution in [0.25, 0.3) is 0 Å². The molecule has 0 bridgehead atoms. The van der Waals surface area contributed by atoms with Crippen LogP contribution in [0.15, 0.2) is 12.1 Å². The number of rotatable bonds is 6. The molecular formula is C11H11NO7. The van der Waals surface area contributed by atoms with Crippen LogP contribution in [0.2, 0.25) is 0 Å². The second-order valence-corrected chi connectivity index (χ2v) is 3.48. The Kier molecular flexibility index (Phi) is 4.41. The zero-order valence-corrected chi connectivity index (χ0v) is 10.2. The molecule has 0 aliphatic carbocycles. The van der Waals surface area contributed by atoms with Crippen LogP contribution in [-0.4, -0.2) is 36.0 Å². The number of benzene rings is 1. The van der Waals surface area contributed by atoms with E-state index < -0.39 is 28.8 Å². The maximum atomic E-state index is 11.7. The predicted molar refractivity (Wildman–Crippen MR) is 62.8 cm³/mol. The van der Waals surface area contributed by atoms with E-state index in [-0.39, 0.29) is 17.1 Å². The molecule has 0 aliphatic rings. The van der Waals surface area contributed by atoms with E-state index in [2.05, 4.69) is 0 Å². The number of methoxy groups -OCH3 is 2. The number of nitrogens with zero attached hydrogens (tertiary/aromatic N) is 1. The molecular weight excluding hydrogens is 258 g/mol. The minimum absolute atomic E-state index is 0.0843. The third kappa shape index (κ3) is 3.18. The molecule has 0 atom stereocenters. The summed E-state index contributed by atoms with van der Waals surface area (Å²) >= 11 is 0. The normalized spacial score (nSPS) is 9.79. The van der Waals surface area contributed by atoms with Crippen LogP contribution in [0.1, 0.15) is 16.8 Å². The van der Waals surface area contributed by atoms with Gasteiger partial charge in [0, 0.05) is 6.07 Å². The van der Waals surface area contributed by atoms with Crippen molar-refractivity contribution in [2.24, 2.45) is 0 Å². The Morgan fingerprint density at radius 1 is 1.26 bits per heavy atom. The van der Waals surface area contributed by atoms with E-state index in [4.69, 9.17) is 14.6 Å². The molecule has 1 aromatic carbocycles. The van der Waals surface area contributed by atoms with Gasteiger partial charge in [0.2, 0.25) is 0 Å². The zero-order chi connectivity index (χ0) is 14.6. The van der Waals surface area contributed by atoms with E-state index in [0.717, 1.165) is 12.1 Å². The van der Waals surface area contributed by atoms with Crippen molar-refractivity contribution in [3.05, 3.63) is 27.8 Å². The smallest absolute Gasteiger partial charge is 0.311 e. The molecule has 0 heterocycles. The molecule has 0 radical (unpaired) electrons. The summed E-state index contributed by atoms with van der Waals surface area (Å²) in [5, 5.41) is 19.4. The molecule has 1 aromatic rings. The van der Waals surface area contributed by atoms with E-state index >= 15 is 0 Å². The van der Waals surface area contributed by atoms with Crippen molar-refractivity contribution >= 4 is 17.4 Å². The summed E-state index contributed by atoms with van der Waals surface area (Å²) in [4.78, 5) is 32.3. The number of hydrogen-bond donors (Lipinski definition) is 1. The maximum absolute atomic E-state index is 11.7. The summed E-state index contributed by atoms with van der Waals surface area (Å²) in [6.45, 7) is 0. The largest absolute Gasteiger partial charge is 0.493 e. The molecule has 19 heavy (non-hydrogen) atoms. The Bertz CT molecular complexity index is 538. The Morgan fingerprint density at radius 3 is 2.21 bits per heavy atom. The molecule has 102 valence electrons. The number of carboxylic acids is 1. The number of hydrogen-bond acceptors (Lipinski definition) is 6. The predicted octanol–water partition coefficient (Wildman–Crippen LogP) is 1.27. The lowest BCUT2D eigenvalue weighted by Gasteiger charge is -2.09. The highest BCUT2D eigenvalue weighted by Gasteiger charge is 2.25. The first-order valence-corrected chi connectivity index (χ1v) is 5.06. The van der Waals surface area contributed by atoms with Gasteiger partial charge in [-0.15, -0.1) is 0 Å². The van der Waals surface area contributed by atoms with Crippen molar-refractivity contribution in [1.29, 1.82) is 0 Å². The Balaban J connectivity index is 3.39. The number of carboxylic acid groups (broad SMARTS) is 1. The summed E-state index contributed by atoms with van der Waals surface area (Å²) in [7, 11) is 2.59. The van der Waals surface area contributed by atoms with Crippen LogP contribution in [-0.2, 0) is 4.79 Å². The first-order chi connectivity index (χ1) is 8.90. The van der Waals surface area contributed by atoms with Gasteiger partial charge in [-0.1, -0.05) is 0 Å². The van der Waals surface area contributed by atoms with E-state index in [0.29, 0.717) is 0 Å². The molecule has 1 rings (SSSR count). The van der Waals surface area contributed by atoms with Crippen LogP contribution in [0.5, 0.6) is 11.5 Å². The van der Waals surface area contributed by atoms with Gasteiger partial charge in [0.05, 0.1) is 30.8 Å². The second-order valence-electron chi connectivity index (χ2n) is 3.48. The minimum Gasteiger partial charge on any atom is -0.493 e.